The van der Waals surface area contributed by atoms with Crippen LogP contribution in [0.5, 0.6) is 5.75 Å². The van der Waals surface area contributed by atoms with E-state index >= 15 is 0 Å². The number of nitrogens with zero attached hydrogens (tertiary/aromatic N) is 2. The number of aromatic hydroxyl groups is 1. The normalized spacial score (nSPS) is 14.9. The molecule has 0 saturated carbocycles. The Bertz CT molecular complexity index is 544. The average molecular weight is 312 g/mol. The molecule has 0 radical (unpaired) electrons. The molecule has 2 rings (SSSR count). The number of hydrogen-bond acceptors (Lipinski definition) is 4. The molecule has 0 unspecified atom stereocenters. The second-order valence-electron chi connectivity index (χ2n) is 4.96. The fourth-order valence-electron chi connectivity index (χ4n) is 2.15. The number of hydrogen-bond donors (Lipinski definition) is 2. The first-order valence-electron chi connectivity index (χ1n) is 6.71. The van der Waals surface area contributed by atoms with E-state index in [-0.39, 0.29) is 29.1 Å². The molecule has 0 bridgehead atoms. The van der Waals surface area contributed by atoms with Crippen molar-refractivity contribution < 1.29 is 14.7 Å². The molecular formula is C14H18ClN3O3. The van der Waals surface area contributed by atoms with Crippen LogP contribution in [0.1, 0.15) is 10.4 Å². The van der Waals surface area contributed by atoms with E-state index in [0.717, 1.165) is 13.1 Å². The van der Waals surface area contributed by atoms with Crippen molar-refractivity contribution in [2.75, 3.05) is 39.8 Å². The molecule has 2 amide bonds. The molecule has 0 spiro atoms. The zero-order valence-electron chi connectivity index (χ0n) is 11.8. The van der Waals surface area contributed by atoms with Crippen molar-refractivity contribution in [1.82, 2.24) is 15.1 Å². The van der Waals surface area contributed by atoms with Crippen LogP contribution in [-0.2, 0) is 4.79 Å². The van der Waals surface area contributed by atoms with E-state index in [2.05, 4.69) is 5.32 Å². The summed E-state index contributed by atoms with van der Waals surface area (Å²) in [5.74, 6) is -0.453. The maximum atomic E-state index is 12.2. The van der Waals surface area contributed by atoms with E-state index in [4.69, 9.17) is 11.6 Å². The van der Waals surface area contributed by atoms with Crippen LogP contribution in [0.25, 0.3) is 0 Å². The molecule has 1 fully saturated rings. The van der Waals surface area contributed by atoms with E-state index in [1.54, 1.807) is 11.9 Å². The number of rotatable bonds is 3. The minimum atomic E-state index is -0.305. The highest BCUT2D eigenvalue weighted by atomic mass is 35.5. The van der Waals surface area contributed by atoms with Crippen LogP contribution < -0.4 is 5.32 Å². The lowest BCUT2D eigenvalue weighted by atomic mass is 10.2. The zero-order valence-corrected chi connectivity index (χ0v) is 12.6. The van der Waals surface area contributed by atoms with E-state index in [9.17, 15) is 14.7 Å². The molecule has 21 heavy (non-hydrogen) atoms. The largest absolute Gasteiger partial charge is 0.506 e. The van der Waals surface area contributed by atoms with Gasteiger partial charge in [-0.3, -0.25) is 9.59 Å². The molecule has 2 N–H and O–H groups in total. The number of nitrogens with one attached hydrogen (secondary N) is 1. The first-order chi connectivity index (χ1) is 9.99. The van der Waals surface area contributed by atoms with Crippen molar-refractivity contribution in [2.24, 2.45) is 0 Å². The van der Waals surface area contributed by atoms with Crippen LogP contribution in [0.3, 0.4) is 0 Å². The molecule has 114 valence electrons. The number of likely N-dealkylation sites (N-methyl/N-ethyl adjacent to an activating group) is 1. The van der Waals surface area contributed by atoms with Gasteiger partial charge in [-0.1, -0.05) is 11.6 Å². The summed E-state index contributed by atoms with van der Waals surface area (Å²) in [5.41, 5.74) is 0.341. The maximum Gasteiger partial charge on any atom is 0.254 e. The standard InChI is InChI=1S/C14H18ClN3O3/c1-17(9-13(20)18-6-4-16-5-7-18)14(21)10-2-3-12(19)11(15)8-10/h2-3,8,16,19H,4-7,9H2,1H3. The molecule has 1 aromatic carbocycles. The molecule has 7 heteroatoms. The Hall–Kier alpha value is -1.79. The van der Waals surface area contributed by atoms with Gasteiger partial charge in [0.25, 0.3) is 5.91 Å². The quantitative estimate of drug-likeness (QED) is 0.855. The summed E-state index contributed by atoms with van der Waals surface area (Å²) in [6.07, 6.45) is 0. The van der Waals surface area contributed by atoms with Gasteiger partial charge in [-0.15, -0.1) is 0 Å². The van der Waals surface area contributed by atoms with Crippen molar-refractivity contribution in [2.45, 2.75) is 0 Å². The van der Waals surface area contributed by atoms with Crippen molar-refractivity contribution in [3.63, 3.8) is 0 Å². The number of benzene rings is 1. The number of carbonyl (C=O) groups is 2. The fourth-order valence-corrected chi connectivity index (χ4v) is 2.33. The number of carbonyl (C=O) groups excluding carboxylic acids is 2. The van der Waals surface area contributed by atoms with Crippen LogP contribution >= 0.6 is 11.6 Å². The molecule has 6 nitrogen and oxygen atoms in total. The van der Waals surface area contributed by atoms with Gasteiger partial charge in [0.2, 0.25) is 5.91 Å². The Morgan fingerprint density at radius 2 is 2.05 bits per heavy atom. The third-order valence-electron chi connectivity index (χ3n) is 3.38. The summed E-state index contributed by atoms with van der Waals surface area (Å²) >= 11 is 5.79. The Morgan fingerprint density at radius 3 is 2.67 bits per heavy atom. The van der Waals surface area contributed by atoms with Gasteiger partial charge in [-0.25, -0.2) is 0 Å². The third kappa shape index (κ3) is 3.86. The summed E-state index contributed by atoms with van der Waals surface area (Å²) in [7, 11) is 1.57. The number of phenolic OH excluding ortho intramolecular Hbond substituents is 1. The molecule has 0 atom stereocenters. The van der Waals surface area contributed by atoms with Gasteiger partial charge in [-0.05, 0) is 18.2 Å². The lowest BCUT2D eigenvalue weighted by molar-refractivity contribution is -0.132. The molecule has 0 aliphatic carbocycles. The van der Waals surface area contributed by atoms with Crippen LogP contribution in [0.15, 0.2) is 18.2 Å². The van der Waals surface area contributed by atoms with Gasteiger partial charge >= 0.3 is 0 Å². The van der Waals surface area contributed by atoms with Crippen LogP contribution in [0, 0.1) is 0 Å². The Kier molecular flexibility index (Phi) is 5.03. The fraction of sp³-hybridized carbons (Fsp3) is 0.429. The highest BCUT2D eigenvalue weighted by Crippen LogP contribution is 2.24. The molecule has 1 heterocycles. The zero-order chi connectivity index (χ0) is 15.4. The average Bonchev–Trinajstić information content (AvgIpc) is 2.50. The molecule has 1 aliphatic rings. The molecular weight excluding hydrogens is 294 g/mol. The SMILES string of the molecule is CN(CC(=O)N1CCNCC1)C(=O)c1ccc(O)c(Cl)c1. The second kappa shape index (κ2) is 6.78. The molecule has 1 saturated heterocycles. The summed E-state index contributed by atoms with van der Waals surface area (Å²) in [4.78, 5) is 27.4. The van der Waals surface area contributed by atoms with E-state index in [0.29, 0.717) is 18.7 Å². The predicted octanol–water partition coefficient (Wildman–Crippen LogP) is 0.549. The smallest absolute Gasteiger partial charge is 0.254 e. The highest BCUT2D eigenvalue weighted by Gasteiger charge is 2.21. The Labute approximate surface area is 128 Å². The van der Waals surface area contributed by atoms with E-state index in [1.165, 1.54) is 23.1 Å². The molecule has 1 aliphatic heterocycles. The minimum Gasteiger partial charge on any atom is -0.506 e. The summed E-state index contributed by atoms with van der Waals surface area (Å²) < 4.78 is 0. The van der Waals surface area contributed by atoms with Gasteiger partial charge in [0, 0.05) is 38.8 Å². The van der Waals surface area contributed by atoms with Crippen molar-refractivity contribution in [3.05, 3.63) is 28.8 Å². The summed E-state index contributed by atoms with van der Waals surface area (Å²) in [6, 6.07) is 4.24. The number of halogens is 1. The molecule has 0 aromatic heterocycles. The van der Waals surface area contributed by atoms with Crippen LogP contribution in [-0.4, -0.2) is 66.5 Å². The predicted molar refractivity (Wildman–Crippen MR) is 79.5 cm³/mol. The maximum absolute atomic E-state index is 12.2. The summed E-state index contributed by atoms with van der Waals surface area (Å²) in [5, 5.41) is 12.6. The van der Waals surface area contributed by atoms with Crippen molar-refractivity contribution >= 4 is 23.4 Å². The summed E-state index contributed by atoms with van der Waals surface area (Å²) in [6.45, 7) is 2.89. The Morgan fingerprint density at radius 1 is 1.38 bits per heavy atom. The first kappa shape index (κ1) is 15.6. The topological polar surface area (TPSA) is 72.9 Å². The third-order valence-corrected chi connectivity index (χ3v) is 3.69. The highest BCUT2D eigenvalue weighted by molar-refractivity contribution is 6.32. The van der Waals surface area contributed by atoms with Gasteiger partial charge in [0.1, 0.15) is 5.75 Å². The van der Waals surface area contributed by atoms with E-state index in [1.807, 2.05) is 0 Å². The van der Waals surface area contributed by atoms with Crippen LogP contribution in [0.4, 0.5) is 0 Å². The van der Waals surface area contributed by atoms with Gasteiger partial charge < -0.3 is 20.2 Å². The lowest BCUT2D eigenvalue weighted by Crippen LogP contribution is -2.49. The minimum absolute atomic E-state index is 0.0251. The van der Waals surface area contributed by atoms with Gasteiger partial charge in [0.05, 0.1) is 11.6 Å². The molecule has 1 aromatic rings. The number of piperazine rings is 1. The van der Waals surface area contributed by atoms with Gasteiger partial charge in [-0.2, -0.15) is 0 Å². The first-order valence-corrected chi connectivity index (χ1v) is 7.09. The van der Waals surface area contributed by atoms with Crippen molar-refractivity contribution in [1.29, 1.82) is 0 Å². The number of phenols is 1. The number of amides is 2. The monoisotopic (exact) mass is 311 g/mol. The van der Waals surface area contributed by atoms with Crippen LogP contribution in [0.2, 0.25) is 5.02 Å². The Balaban J connectivity index is 1.98. The second-order valence-corrected chi connectivity index (χ2v) is 5.37. The van der Waals surface area contributed by atoms with Gasteiger partial charge in [0.15, 0.2) is 0 Å². The van der Waals surface area contributed by atoms with E-state index < -0.39 is 0 Å². The van der Waals surface area contributed by atoms with Crippen molar-refractivity contribution in [3.8, 4) is 5.75 Å². The lowest BCUT2D eigenvalue weighted by Gasteiger charge is -2.29.